The molecule has 0 amide bonds. The molecule has 2 saturated heterocycles. The van der Waals surface area contributed by atoms with E-state index in [1.807, 2.05) is 13.0 Å². The largest absolute Gasteiger partial charge is 0.461 e. The Kier molecular flexibility index (Phi) is 4.87. The second kappa shape index (κ2) is 7.20. The highest BCUT2D eigenvalue weighted by molar-refractivity contribution is 5.91. The lowest BCUT2D eigenvalue weighted by Gasteiger charge is -2.26. The van der Waals surface area contributed by atoms with Crippen molar-refractivity contribution in [1.82, 2.24) is 0 Å². The summed E-state index contributed by atoms with van der Waals surface area (Å²) in [6.07, 6.45) is 5.86. The van der Waals surface area contributed by atoms with Crippen LogP contribution >= 0.6 is 0 Å². The Labute approximate surface area is 163 Å². The van der Waals surface area contributed by atoms with Gasteiger partial charge in [-0.05, 0) is 26.2 Å². The Balaban J connectivity index is 1.66. The van der Waals surface area contributed by atoms with Gasteiger partial charge < -0.3 is 18.9 Å². The molecule has 0 radical (unpaired) electrons. The van der Waals surface area contributed by atoms with Crippen LogP contribution < -0.4 is 0 Å². The van der Waals surface area contributed by atoms with E-state index in [9.17, 15) is 14.4 Å². The number of hydrogen-bond acceptors (Lipinski definition) is 7. The number of esters is 3. The van der Waals surface area contributed by atoms with Crippen LogP contribution in [0.1, 0.15) is 39.0 Å². The molecular formula is C21H24O7. The van der Waals surface area contributed by atoms with Gasteiger partial charge in [-0.15, -0.1) is 0 Å². The van der Waals surface area contributed by atoms with Gasteiger partial charge in [0.2, 0.25) is 0 Å². The fourth-order valence-electron chi connectivity index (χ4n) is 4.17. The zero-order chi connectivity index (χ0) is 19.9. The Hall–Kier alpha value is -2.41. The number of rotatable bonds is 0. The summed E-state index contributed by atoms with van der Waals surface area (Å²) >= 11 is 0. The van der Waals surface area contributed by atoms with Gasteiger partial charge in [0.05, 0.1) is 18.4 Å². The van der Waals surface area contributed by atoms with Gasteiger partial charge in [-0.2, -0.15) is 0 Å². The van der Waals surface area contributed by atoms with Crippen LogP contribution in [0, 0.1) is 5.92 Å². The molecule has 4 aliphatic rings. The lowest BCUT2D eigenvalue weighted by Crippen LogP contribution is -2.34. The van der Waals surface area contributed by atoms with Crippen LogP contribution in [0.15, 0.2) is 36.0 Å². The van der Waals surface area contributed by atoms with Crippen LogP contribution in [0.4, 0.5) is 0 Å². The van der Waals surface area contributed by atoms with Crippen molar-refractivity contribution in [3.8, 4) is 0 Å². The molecule has 0 unspecified atom stereocenters. The first-order chi connectivity index (χ1) is 13.4. The molecule has 5 atom stereocenters. The van der Waals surface area contributed by atoms with Crippen molar-refractivity contribution in [2.24, 2.45) is 5.92 Å². The minimum absolute atomic E-state index is 0.0459. The number of carbonyl (C=O) groups is 3. The van der Waals surface area contributed by atoms with Gasteiger partial charge in [0.15, 0.2) is 0 Å². The van der Waals surface area contributed by atoms with E-state index in [-0.39, 0.29) is 43.0 Å². The fraction of sp³-hybridized carbons (Fsp3) is 0.571. The second-order valence-electron chi connectivity index (χ2n) is 7.93. The van der Waals surface area contributed by atoms with E-state index in [2.05, 4.69) is 6.58 Å². The maximum Gasteiger partial charge on any atom is 0.334 e. The minimum Gasteiger partial charge on any atom is -0.461 e. The number of allylic oxidation sites excluding steroid dienone is 1. The van der Waals surface area contributed by atoms with Crippen LogP contribution in [0.2, 0.25) is 0 Å². The third-order valence-corrected chi connectivity index (χ3v) is 5.93. The summed E-state index contributed by atoms with van der Waals surface area (Å²) in [6, 6.07) is 0. The van der Waals surface area contributed by atoms with Crippen molar-refractivity contribution in [2.75, 3.05) is 6.61 Å². The van der Waals surface area contributed by atoms with Crippen molar-refractivity contribution < 1.29 is 33.3 Å². The quantitative estimate of drug-likeness (QED) is 0.206. The molecular weight excluding hydrogens is 364 g/mol. The van der Waals surface area contributed by atoms with Crippen molar-refractivity contribution in [1.29, 1.82) is 0 Å². The fourth-order valence-corrected chi connectivity index (χ4v) is 4.17. The van der Waals surface area contributed by atoms with Crippen LogP contribution in [-0.2, 0) is 33.3 Å². The second-order valence-corrected chi connectivity index (χ2v) is 7.93. The summed E-state index contributed by atoms with van der Waals surface area (Å²) in [5, 5.41) is 0. The zero-order valence-electron chi connectivity index (χ0n) is 15.8. The molecule has 7 heteroatoms. The van der Waals surface area contributed by atoms with Crippen LogP contribution in [0.25, 0.3) is 0 Å². The maximum absolute atomic E-state index is 12.3. The molecule has 4 rings (SSSR count). The predicted molar refractivity (Wildman–Crippen MR) is 96.9 cm³/mol. The number of epoxide rings is 1. The number of fused-ring (bicyclic) bond motifs is 4. The van der Waals surface area contributed by atoms with E-state index in [0.29, 0.717) is 18.4 Å². The third-order valence-electron chi connectivity index (χ3n) is 5.93. The minimum atomic E-state index is -0.617. The van der Waals surface area contributed by atoms with Crippen molar-refractivity contribution >= 4 is 17.9 Å². The summed E-state index contributed by atoms with van der Waals surface area (Å²) in [5.74, 6) is -1.51. The predicted octanol–water partition coefficient (Wildman–Crippen LogP) is 2.16. The lowest BCUT2D eigenvalue weighted by molar-refractivity contribution is -0.148. The van der Waals surface area contributed by atoms with Crippen LogP contribution in [0.5, 0.6) is 0 Å². The number of ether oxygens (including phenoxy) is 4. The van der Waals surface area contributed by atoms with Gasteiger partial charge in [0, 0.05) is 17.1 Å². The smallest absolute Gasteiger partial charge is 0.334 e. The summed E-state index contributed by atoms with van der Waals surface area (Å²) in [5.41, 5.74) is 0.727. The van der Waals surface area contributed by atoms with Crippen molar-refractivity contribution in [3.63, 3.8) is 0 Å². The highest BCUT2D eigenvalue weighted by Gasteiger charge is 2.62. The van der Waals surface area contributed by atoms with Crippen LogP contribution in [0.3, 0.4) is 0 Å². The Morgan fingerprint density at radius 1 is 1.11 bits per heavy atom. The SMILES string of the molecule is C=C1C(=O)O[C@@H]2[C@H]3O[C@]3(C)CC/C=C3\COC(=O)C/C=C\CC(=O)O[C@H]3C[C@@H]12. The van der Waals surface area contributed by atoms with Gasteiger partial charge >= 0.3 is 17.9 Å². The van der Waals surface area contributed by atoms with Gasteiger partial charge in [-0.1, -0.05) is 24.8 Å². The van der Waals surface area contributed by atoms with E-state index in [1.54, 1.807) is 12.2 Å². The van der Waals surface area contributed by atoms with Gasteiger partial charge in [0.25, 0.3) is 0 Å². The Bertz CT molecular complexity index is 780. The first-order valence-electron chi connectivity index (χ1n) is 9.64. The lowest BCUT2D eigenvalue weighted by atomic mass is 9.82. The molecule has 0 N–H and O–H groups in total. The molecule has 3 heterocycles. The Morgan fingerprint density at radius 2 is 1.86 bits per heavy atom. The average molecular weight is 388 g/mol. The standard InChI is InChI=1S/C21H24O7/c1-12-14-10-15-13(11-25-16(22)7-3-4-8-17(23)26-15)6-5-9-21(2)19(28-21)18(14)27-20(12)24/h3-4,6,14-15,18-19H,1,5,7-11H2,2H3/b4-3-,13-6+/t14-,15-,18-,19+,21+/m0/s1. The number of hydrogen-bond donors (Lipinski definition) is 0. The molecule has 0 saturated carbocycles. The molecule has 28 heavy (non-hydrogen) atoms. The first-order valence-corrected chi connectivity index (χ1v) is 9.64. The molecule has 3 aliphatic heterocycles. The number of carbonyl (C=O) groups excluding carboxylic acids is 3. The average Bonchev–Trinajstić information content (AvgIpc) is 3.25. The maximum atomic E-state index is 12.3. The highest BCUT2D eigenvalue weighted by atomic mass is 16.6. The molecule has 0 bridgehead atoms. The monoisotopic (exact) mass is 388 g/mol. The summed E-state index contributed by atoms with van der Waals surface area (Å²) < 4.78 is 22.5. The molecule has 1 aliphatic carbocycles. The van der Waals surface area contributed by atoms with E-state index in [1.165, 1.54) is 0 Å². The molecule has 0 spiro atoms. The molecule has 0 aromatic carbocycles. The zero-order valence-corrected chi connectivity index (χ0v) is 15.8. The van der Waals surface area contributed by atoms with Gasteiger partial charge in [-0.3, -0.25) is 9.59 Å². The molecule has 2 fully saturated rings. The Morgan fingerprint density at radius 3 is 2.64 bits per heavy atom. The molecule has 0 aromatic rings. The summed E-state index contributed by atoms with van der Waals surface area (Å²) in [4.78, 5) is 36.4. The first kappa shape index (κ1) is 18.9. The summed E-state index contributed by atoms with van der Waals surface area (Å²) in [6.45, 7) is 5.94. The van der Waals surface area contributed by atoms with E-state index in [4.69, 9.17) is 18.9 Å². The van der Waals surface area contributed by atoms with E-state index in [0.717, 1.165) is 12.0 Å². The summed E-state index contributed by atoms with van der Waals surface area (Å²) in [7, 11) is 0. The highest BCUT2D eigenvalue weighted by Crippen LogP contribution is 2.50. The topological polar surface area (TPSA) is 91.4 Å². The van der Waals surface area contributed by atoms with Crippen molar-refractivity contribution in [3.05, 3.63) is 36.0 Å². The number of cyclic esters (lactones) is 1. The third kappa shape index (κ3) is 3.63. The van der Waals surface area contributed by atoms with Gasteiger partial charge in [-0.25, -0.2) is 4.79 Å². The normalized spacial score (nSPS) is 41.5. The van der Waals surface area contributed by atoms with Crippen LogP contribution in [-0.4, -0.2) is 48.4 Å². The van der Waals surface area contributed by atoms with Crippen molar-refractivity contribution in [2.45, 2.75) is 62.9 Å². The van der Waals surface area contributed by atoms with E-state index >= 15 is 0 Å². The molecule has 150 valence electrons. The van der Waals surface area contributed by atoms with Gasteiger partial charge in [0.1, 0.15) is 24.9 Å². The van der Waals surface area contributed by atoms with E-state index < -0.39 is 24.1 Å². The molecule has 0 aromatic heterocycles. The molecule has 7 nitrogen and oxygen atoms in total.